The lowest BCUT2D eigenvalue weighted by Crippen LogP contribution is -2.50. The van der Waals surface area contributed by atoms with Gasteiger partial charge in [-0.3, -0.25) is 9.69 Å². The highest BCUT2D eigenvalue weighted by Crippen LogP contribution is 2.39. The first-order chi connectivity index (χ1) is 17.6. The molecule has 0 aliphatic carbocycles. The average Bonchev–Trinajstić information content (AvgIpc) is 2.88. The van der Waals surface area contributed by atoms with Crippen LogP contribution in [-0.2, 0) is 17.9 Å². The van der Waals surface area contributed by atoms with Gasteiger partial charge in [-0.25, -0.2) is 9.18 Å². The monoisotopic (exact) mass is 570 g/mol. The number of carbonyl (C=O) groups excluding carboxylic acids is 2. The highest BCUT2D eigenvalue weighted by atomic mass is 79.9. The first-order valence-electron chi connectivity index (χ1n) is 11.9. The van der Waals surface area contributed by atoms with E-state index in [1.807, 2.05) is 30.3 Å². The maximum absolute atomic E-state index is 15.8. The van der Waals surface area contributed by atoms with Crippen molar-refractivity contribution in [3.63, 3.8) is 0 Å². The van der Waals surface area contributed by atoms with Crippen molar-refractivity contribution in [1.82, 2.24) is 10.2 Å². The number of esters is 1. The molecule has 1 N–H and O–H groups in total. The fourth-order valence-electron chi connectivity index (χ4n) is 3.77. The Labute approximate surface area is 225 Å². The molecule has 8 heteroatoms. The summed E-state index contributed by atoms with van der Waals surface area (Å²) in [6, 6.07) is 18.1. The molecular formula is C29H32BrFN2O4. The lowest BCUT2D eigenvalue weighted by Gasteiger charge is -2.35. The van der Waals surface area contributed by atoms with Crippen molar-refractivity contribution >= 4 is 27.7 Å². The maximum Gasteiger partial charge on any atom is 0.347 e. The Hall–Kier alpha value is -3.07. The highest BCUT2D eigenvalue weighted by molar-refractivity contribution is 9.10. The van der Waals surface area contributed by atoms with Gasteiger partial charge >= 0.3 is 5.97 Å². The van der Waals surface area contributed by atoms with Crippen LogP contribution in [0.4, 0.5) is 4.39 Å². The van der Waals surface area contributed by atoms with Gasteiger partial charge in [0.25, 0.3) is 0 Å². The van der Waals surface area contributed by atoms with Gasteiger partial charge in [-0.2, -0.15) is 0 Å². The van der Waals surface area contributed by atoms with E-state index in [2.05, 4.69) is 21.2 Å². The van der Waals surface area contributed by atoms with E-state index in [4.69, 9.17) is 9.47 Å². The zero-order chi connectivity index (χ0) is 27.2. The first kappa shape index (κ1) is 28.5. The van der Waals surface area contributed by atoms with Crippen LogP contribution >= 0.6 is 15.9 Å². The molecule has 3 aromatic rings. The number of para-hydroxylation sites is 1. The molecule has 0 heterocycles. The molecule has 3 aromatic carbocycles. The molecule has 6 nitrogen and oxygen atoms in total. The Morgan fingerprint density at radius 1 is 1.05 bits per heavy atom. The number of carbonyl (C=O) groups is 2. The molecule has 0 saturated carbocycles. The van der Waals surface area contributed by atoms with Gasteiger partial charge in [0.1, 0.15) is 29.5 Å². The van der Waals surface area contributed by atoms with E-state index in [0.717, 1.165) is 5.56 Å². The first-order valence-corrected chi connectivity index (χ1v) is 12.7. The number of nitrogens with one attached hydrogen (secondary N) is 1. The van der Waals surface area contributed by atoms with Crippen LogP contribution in [0.15, 0.2) is 65.1 Å². The summed E-state index contributed by atoms with van der Waals surface area (Å²) in [6.07, 6.45) is 0. The number of hydrogen-bond acceptors (Lipinski definition) is 6. The molecule has 0 aliphatic rings. The standard InChI is InChI=1S/C29H32BrFN2O4/c1-19-24(28(35)37-21-14-10-7-11-15-21)27(36-18-20-12-8-6-9-13-20)25(30)22(26(19)31)17-33(5)29(2,3)23(34)16-32-4/h6-15,32H,16-18H2,1-5H3. The van der Waals surface area contributed by atoms with Gasteiger partial charge in [-0.05, 0) is 68.5 Å². The van der Waals surface area contributed by atoms with Crippen LogP contribution in [0.25, 0.3) is 0 Å². The quantitative estimate of drug-likeness (QED) is 0.236. The van der Waals surface area contributed by atoms with Crippen molar-refractivity contribution in [2.75, 3.05) is 20.6 Å². The van der Waals surface area contributed by atoms with E-state index in [0.29, 0.717) is 10.2 Å². The zero-order valence-electron chi connectivity index (χ0n) is 21.7. The van der Waals surface area contributed by atoms with Crippen LogP contribution in [0.1, 0.15) is 40.9 Å². The van der Waals surface area contributed by atoms with Gasteiger partial charge < -0.3 is 14.8 Å². The molecule has 0 aromatic heterocycles. The molecule has 0 unspecified atom stereocenters. The summed E-state index contributed by atoms with van der Waals surface area (Å²) in [5.41, 5.74) is 0.413. The molecule has 196 valence electrons. The number of rotatable bonds is 11. The van der Waals surface area contributed by atoms with Crippen LogP contribution in [0.2, 0.25) is 0 Å². The molecule has 37 heavy (non-hydrogen) atoms. The fraction of sp³-hybridized carbons (Fsp3) is 0.310. The van der Waals surface area contributed by atoms with Crippen molar-refractivity contribution in [3.8, 4) is 11.5 Å². The molecule has 0 bridgehead atoms. The van der Waals surface area contributed by atoms with Gasteiger partial charge in [0.2, 0.25) is 0 Å². The molecule has 0 amide bonds. The smallest absolute Gasteiger partial charge is 0.347 e. The summed E-state index contributed by atoms with van der Waals surface area (Å²) in [6.45, 7) is 5.58. The average molecular weight is 571 g/mol. The Morgan fingerprint density at radius 2 is 1.65 bits per heavy atom. The van der Waals surface area contributed by atoms with E-state index >= 15 is 4.39 Å². The fourth-order valence-corrected chi connectivity index (χ4v) is 4.38. The van der Waals surface area contributed by atoms with Gasteiger partial charge in [0, 0.05) is 17.7 Å². The van der Waals surface area contributed by atoms with Crippen molar-refractivity contribution in [3.05, 3.63) is 93.2 Å². The van der Waals surface area contributed by atoms with E-state index < -0.39 is 17.3 Å². The second kappa shape index (κ2) is 12.4. The van der Waals surface area contributed by atoms with E-state index in [-0.39, 0.29) is 47.9 Å². The lowest BCUT2D eigenvalue weighted by molar-refractivity contribution is -0.128. The summed E-state index contributed by atoms with van der Waals surface area (Å²) in [7, 11) is 3.47. The van der Waals surface area contributed by atoms with Crippen LogP contribution in [0.5, 0.6) is 11.5 Å². The van der Waals surface area contributed by atoms with Gasteiger partial charge in [-0.1, -0.05) is 48.5 Å². The molecule has 0 spiro atoms. The largest absolute Gasteiger partial charge is 0.487 e. The number of hydrogen-bond donors (Lipinski definition) is 1. The van der Waals surface area contributed by atoms with Crippen molar-refractivity contribution in [2.45, 2.75) is 39.5 Å². The maximum atomic E-state index is 15.8. The number of nitrogens with zero attached hydrogens (tertiary/aromatic N) is 1. The summed E-state index contributed by atoms with van der Waals surface area (Å²) < 4.78 is 27.8. The van der Waals surface area contributed by atoms with E-state index in [1.54, 1.807) is 63.2 Å². The van der Waals surface area contributed by atoms with Gasteiger partial charge in [0.05, 0.1) is 16.6 Å². The minimum Gasteiger partial charge on any atom is -0.487 e. The third-order valence-electron chi connectivity index (χ3n) is 6.41. The van der Waals surface area contributed by atoms with Crippen molar-refractivity contribution < 1.29 is 23.5 Å². The Balaban J connectivity index is 2.05. The van der Waals surface area contributed by atoms with Gasteiger partial charge in [0.15, 0.2) is 5.78 Å². The molecule has 0 fully saturated rings. The van der Waals surface area contributed by atoms with Gasteiger partial charge in [-0.15, -0.1) is 0 Å². The topological polar surface area (TPSA) is 67.9 Å². The number of ketones is 1. The highest BCUT2D eigenvalue weighted by Gasteiger charge is 2.34. The molecule has 0 saturated heterocycles. The number of Topliss-reactive ketones (excluding diaryl/α,β-unsaturated/α-hetero) is 1. The molecule has 0 aliphatic heterocycles. The second-order valence-electron chi connectivity index (χ2n) is 9.28. The number of ether oxygens (including phenoxy) is 2. The summed E-state index contributed by atoms with van der Waals surface area (Å²) in [5.74, 6) is -0.801. The molecule has 3 rings (SSSR count). The number of halogens is 2. The van der Waals surface area contributed by atoms with Crippen molar-refractivity contribution in [1.29, 1.82) is 0 Å². The second-order valence-corrected chi connectivity index (χ2v) is 10.1. The molecular weight excluding hydrogens is 539 g/mol. The summed E-state index contributed by atoms with van der Waals surface area (Å²) in [4.78, 5) is 27.7. The Bertz CT molecular complexity index is 1250. The van der Waals surface area contributed by atoms with Crippen LogP contribution in [-0.4, -0.2) is 42.8 Å². The van der Waals surface area contributed by atoms with Crippen LogP contribution in [0, 0.1) is 12.7 Å². The van der Waals surface area contributed by atoms with E-state index in [9.17, 15) is 9.59 Å². The van der Waals surface area contributed by atoms with Crippen molar-refractivity contribution in [2.24, 2.45) is 0 Å². The molecule has 0 atom stereocenters. The zero-order valence-corrected chi connectivity index (χ0v) is 23.3. The minimum atomic E-state index is -0.862. The SMILES string of the molecule is CNCC(=O)C(C)(C)N(C)Cc1c(F)c(C)c(C(=O)Oc2ccccc2)c(OCc2ccccc2)c1Br. The summed E-state index contributed by atoms with van der Waals surface area (Å²) >= 11 is 3.51. The third kappa shape index (κ3) is 6.63. The molecule has 0 radical (unpaired) electrons. The predicted octanol–water partition coefficient (Wildman–Crippen LogP) is 5.69. The number of benzene rings is 3. The normalized spacial score (nSPS) is 11.5. The summed E-state index contributed by atoms with van der Waals surface area (Å²) in [5, 5.41) is 2.87. The van der Waals surface area contributed by atoms with Crippen LogP contribution in [0.3, 0.4) is 0 Å². The Morgan fingerprint density at radius 3 is 2.24 bits per heavy atom. The van der Waals surface area contributed by atoms with E-state index in [1.165, 1.54) is 6.92 Å². The van der Waals surface area contributed by atoms with Crippen LogP contribution < -0.4 is 14.8 Å². The lowest BCUT2D eigenvalue weighted by atomic mass is 9.95. The number of likely N-dealkylation sites (N-methyl/N-ethyl adjacent to an activating group) is 2. The Kier molecular flexibility index (Phi) is 9.59. The predicted molar refractivity (Wildman–Crippen MR) is 145 cm³/mol. The third-order valence-corrected chi connectivity index (χ3v) is 7.25. The minimum absolute atomic E-state index is 0.00100.